The number of nitro groups is 1. The molecule has 16 heavy (non-hydrogen) atoms. The van der Waals surface area contributed by atoms with Crippen LogP contribution in [0, 0.1) is 17.0 Å². The third kappa shape index (κ3) is 2.12. The predicted octanol–water partition coefficient (Wildman–Crippen LogP) is 3.79. The van der Waals surface area contributed by atoms with Crippen LogP contribution in [0.3, 0.4) is 0 Å². The molecule has 1 heterocycles. The molecule has 0 unspecified atom stereocenters. The van der Waals surface area contributed by atoms with Gasteiger partial charge in [-0.25, -0.2) is 4.98 Å². The van der Waals surface area contributed by atoms with E-state index in [9.17, 15) is 10.1 Å². The molecule has 0 bridgehead atoms. The highest BCUT2D eigenvalue weighted by Crippen LogP contribution is 2.29. The molecular weight excluding hydrogens is 292 g/mol. The largest absolute Gasteiger partial charge is 0.272 e. The lowest BCUT2D eigenvalue weighted by Crippen LogP contribution is -1.92. The molecule has 0 N–H and O–H groups in total. The molecule has 2 aromatic rings. The second-order valence-corrected chi connectivity index (χ2v) is 5.38. The Bertz CT molecular complexity index is 554. The van der Waals surface area contributed by atoms with Gasteiger partial charge in [0.05, 0.1) is 10.6 Å². The summed E-state index contributed by atoms with van der Waals surface area (Å²) in [5, 5.41) is 12.6. The van der Waals surface area contributed by atoms with Crippen LogP contribution in [-0.4, -0.2) is 9.91 Å². The molecule has 2 rings (SSSR count). The number of rotatable bonds is 2. The Balaban J connectivity index is 2.51. The molecule has 0 fully saturated rings. The first-order valence-corrected chi connectivity index (χ1v) is 6.11. The normalized spacial score (nSPS) is 10.4. The second-order valence-electron chi connectivity index (χ2n) is 3.24. The Morgan fingerprint density at radius 2 is 2.25 bits per heavy atom. The highest BCUT2D eigenvalue weighted by Gasteiger charge is 2.13. The summed E-state index contributed by atoms with van der Waals surface area (Å²) in [6, 6.07) is 5.13. The van der Waals surface area contributed by atoms with Crippen LogP contribution >= 0.6 is 27.3 Å². The van der Waals surface area contributed by atoms with E-state index in [0.717, 1.165) is 15.2 Å². The van der Waals surface area contributed by atoms with Crippen molar-refractivity contribution < 1.29 is 4.92 Å². The van der Waals surface area contributed by atoms with Gasteiger partial charge in [-0.05, 0) is 22.9 Å². The van der Waals surface area contributed by atoms with Crippen LogP contribution < -0.4 is 0 Å². The summed E-state index contributed by atoms with van der Waals surface area (Å²) in [5.41, 5.74) is 2.30. The van der Waals surface area contributed by atoms with E-state index in [0.29, 0.717) is 5.56 Å². The molecule has 0 atom stereocenters. The fourth-order valence-electron chi connectivity index (χ4n) is 1.35. The van der Waals surface area contributed by atoms with Gasteiger partial charge in [0.2, 0.25) is 0 Å². The van der Waals surface area contributed by atoms with E-state index >= 15 is 0 Å². The van der Waals surface area contributed by atoms with Crippen LogP contribution in [0.2, 0.25) is 0 Å². The summed E-state index contributed by atoms with van der Waals surface area (Å²) >= 11 is 4.72. The number of aryl methyl sites for hydroxylation is 1. The van der Waals surface area contributed by atoms with E-state index in [4.69, 9.17) is 0 Å². The first-order chi connectivity index (χ1) is 7.58. The minimum absolute atomic E-state index is 0.127. The molecule has 1 aromatic heterocycles. The van der Waals surface area contributed by atoms with Crippen molar-refractivity contribution in [1.82, 2.24) is 4.98 Å². The van der Waals surface area contributed by atoms with Crippen molar-refractivity contribution in [3.8, 4) is 11.3 Å². The number of nitrogens with zero attached hydrogens (tertiary/aromatic N) is 2. The van der Waals surface area contributed by atoms with Gasteiger partial charge in [0.25, 0.3) is 5.69 Å². The molecule has 4 nitrogen and oxygen atoms in total. The summed E-state index contributed by atoms with van der Waals surface area (Å²) in [6.45, 7) is 1.72. The zero-order valence-corrected chi connectivity index (χ0v) is 10.7. The highest BCUT2D eigenvalue weighted by molar-refractivity contribution is 9.11. The van der Waals surface area contributed by atoms with Crippen LogP contribution in [0.1, 0.15) is 5.56 Å². The quantitative estimate of drug-likeness (QED) is 0.626. The van der Waals surface area contributed by atoms with Crippen LogP contribution in [-0.2, 0) is 0 Å². The number of halogens is 1. The smallest absolute Gasteiger partial charge is 0.258 e. The van der Waals surface area contributed by atoms with Crippen molar-refractivity contribution in [2.24, 2.45) is 0 Å². The molecule has 82 valence electrons. The van der Waals surface area contributed by atoms with Gasteiger partial charge in [-0.1, -0.05) is 12.1 Å². The van der Waals surface area contributed by atoms with Gasteiger partial charge in [-0.3, -0.25) is 10.1 Å². The summed E-state index contributed by atoms with van der Waals surface area (Å²) in [5.74, 6) is 0. The van der Waals surface area contributed by atoms with E-state index < -0.39 is 0 Å². The lowest BCUT2D eigenvalue weighted by atomic mass is 10.1. The lowest BCUT2D eigenvalue weighted by molar-refractivity contribution is -0.385. The van der Waals surface area contributed by atoms with Gasteiger partial charge in [0.15, 0.2) is 3.92 Å². The molecule has 0 aliphatic carbocycles. The van der Waals surface area contributed by atoms with Gasteiger partial charge in [-0.2, -0.15) is 0 Å². The van der Waals surface area contributed by atoms with Crippen LogP contribution in [0.25, 0.3) is 11.3 Å². The van der Waals surface area contributed by atoms with Crippen molar-refractivity contribution >= 4 is 33.0 Å². The van der Waals surface area contributed by atoms with E-state index in [2.05, 4.69) is 20.9 Å². The number of hydrogen-bond donors (Lipinski definition) is 0. The van der Waals surface area contributed by atoms with Crippen molar-refractivity contribution in [3.63, 3.8) is 0 Å². The van der Waals surface area contributed by atoms with Gasteiger partial charge in [-0.15, -0.1) is 11.3 Å². The molecule has 0 aliphatic rings. The van der Waals surface area contributed by atoms with Crippen LogP contribution in [0.5, 0.6) is 0 Å². The van der Waals surface area contributed by atoms with Gasteiger partial charge < -0.3 is 0 Å². The van der Waals surface area contributed by atoms with Crippen molar-refractivity contribution in [3.05, 3.63) is 43.2 Å². The molecule has 0 radical (unpaired) electrons. The van der Waals surface area contributed by atoms with Crippen LogP contribution in [0.15, 0.2) is 27.5 Å². The summed E-state index contributed by atoms with van der Waals surface area (Å²) < 4.78 is 0.769. The summed E-state index contributed by atoms with van der Waals surface area (Å²) in [4.78, 5) is 14.6. The average molecular weight is 299 g/mol. The zero-order chi connectivity index (χ0) is 11.7. The maximum absolute atomic E-state index is 10.8. The first kappa shape index (κ1) is 11.2. The third-order valence-electron chi connectivity index (χ3n) is 2.18. The number of thiazole rings is 1. The third-order valence-corrected chi connectivity index (χ3v) is 3.54. The van der Waals surface area contributed by atoms with E-state index in [1.54, 1.807) is 19.1 Å². The standard InChI is InChI=1S/C10H7BrN2O2S/c1-6-2-3-7(4-9(6)13(14)15)8-5-16-10(11)12-8/h2-5H,1H3. The minimum Gasteiger partial charge on any atom is -0.258 e. The predicted molar refractivity (Wildman–Crippen MR) is 66.6 cm³/mol. The molecule has 0 aliphatic heterocycles. The maximum atomic E-state index is 10.8. The fourth-order valence-corrected chi connectivity index (χ4v) is 2.37. The fraction of sp³-hybridized carbons (Fsp3) is 0.100. The van der Waals surface area contributed by atoms with Crippen molar-refractivity contribution in [1.29, 1.82) is 0 Å². The lowest BCUT2D eigenvalue weighted by Gasteiger charge is -1.99. The van der Waals surface area contributed by atoms with Gasteiger partial charge in [0, 0.05) is 22.6 Å². The van der Waals surface area contributed by atoms with E-state index in [1.165, 1.54) is 11.3 Å². The second kappa shape index (κ2) is 4.31. The SMILES string of the molecule is Cc1ccc(-c2csc(Br)n2)cc1[N+](=O)[O-]. The Morgan fingerprint density at radius 1 is 1.50 bits per heavy atom. The number of benzene rings is 1. The van der Waals surface area contributed by atoms with E-state index in [1.807, 2.05) is 11.4 Å². The Kier molecular flexibility index (Phi) is 3.02. The monoisotopic (exact) mass is 298 g/mol. The van der Waals surface area contributed by atoms with Crippen molar-refractivity contribution in [2.45, 2.75) is 6.92 Å². The summed E-state index contributed by atoms with van der Waals surface area (Å²) in [6.07, 6.45) is 0. The first-order valence-electron chi connectivity index (χ1n) is 4.44. The number of hydrogen-bond acceptors (Lipinski definition) is 4. The topological polar surface area (TPSA) is 56.0 Å². The minimum atomic E-state index is -0.375. The van der Waals surface area contributed by atoms with Gasteiger partial charge >= 0.3 is 0 Å². The van der Waals surface area contributed by atoms with E-state index in [-0.39, 0.29) is 10.6 Å². The summed E-state index contributed by atoms with van der Waals surface area (Å²) in [7, 11) is 0. The van der Waals surface area contributed by atoms with Crippen molar-refractivity contribution in [2.75, 3.05) is 0 Å². The number of nitro benzene ring substituents is 1. The zero-order valence-electron chi connectivity index (χ0n) is 8.31. The highest BCUT2D eigenvalue weighted by atomic mass is 79.9. The maximum Gasteiger partial charge on any atom is 0.272 e. The molecule has 0 saturated heterocycles. The molecule has 0 amide bonds. The molecular formula is C10H7BrN2O2S. The molecule has 1 aromatic carbocycles. The Labute approximate surface area is 104 Å². The Hall–Kier alpha value is -1.27. The van der Waals surface area contributed by atoms with Crippen LogP contribution in [0.4, 0.5) is 5.69 Å². The van der Waals surface area contributed by atoms with Gasteiger partial charge in [0.1, 0.15) is 0 Å². The molecule has 0 spiro atoms. The average Bonchev–Trinajstić information content (AvgIpc) is 2.65. The molecule has 6 heteroatoms. The number of aromatic nitrogens is 1. The Morgan fingerprint density at radius 3 is 2.81 bits per heavy atom. The molecule has 0 saturated carbocycles.